The van der Waals surface area contributed by atoms with Gasteiger partial charge >= 0.3 is 0 Å². The highest BCUT2D eigenvalue weighted by Gasteiger charge is 2.28. The minimum Gasteiger partial charge on any atom is -0.380 e. The van der Waals surface area contributed by atoms with Crippen molar-refractivity contribution in [3.8, 4) is 12.8 Å². The Morgan fingerprint density at radius 1 is 1.26 bits per heavy atom. The van der Waals surface area contributed by atoms with E-state index in [1.54, 1.807) is 12.1 Å². The molecule has 0 aliphatic carbocycles. The number of carbonyl (C=O) groups excluding carboxylic acids is 1. The van der Waals surface area contributed by atoms with Crippen LogP contribution in [0.1, 0.15) is 24.5 Å². The van der Waals surface area contributed by atoms with Gasteiger partial charge in [0.2, 0.25) is 5.91 Å². The molecule has 2 aromatic rings. The summed E-state index contributed by atoms with van der Waals surface area (Å²) in [6.45, 7) is 12.6. The van der Waals surface area contributed by atoms with Crippen LogP contribution in [-0.4, -0.2) is 37.1 Å². The van der Waals surface area contributed by atoms with Gasteiger partial charge in [0.05, 0.1) is 5.03 Å². The number of carbonyl (C=O) groups is 1. The smallest absolute Gasteiger partial charge is 0.250 e. The lowest BCUT2D eigenvalue weighted by atomic mass is 10.0. The zero-order valence-electron chi connectivity index (χ0n) is 20.2. The van der Waals surface area contributed by atoms with Crippen LogP contribution in [0.4, 0.5) is 4.39 Å². The Balaban J connectivity index is 0.00000199. The molecule has 1 aliphatic rings. The molecule has 3 rings (SSSR count). The fraction of sp³-hybridized carbons (Fsp3) is 0.321. The third kappa shape index (κ3) is 8.05. The summed E-state index contributed by atoms with van der Waals surface area (Å²) < 4.78 is 13.5. The number of likely N-dealkylation sites (tertiary alicyclic amines) is 1. The second-order valence-electron chi connectivity index (χ2n) is 8.24. The molecule has 1 saturated heterocycles. The average molecular weight is 497 g/mol. The molecule has 0 spiro atoms. The number of benzene rings is 2. The van der Waals surface area contributed by atoms with Crippen LogP contribution < -0.4 is 5.32 Å². The molecule has 1 N–H and O–H groups in total. The summed E-state index contributed by atoms with van der Waals surface area (Å²) in [5.74, 6) is 0.317. The first kappa shape index (κ1) is 27.7. The molecule has 1 heterocycles. The topological polar surface area (TPSA) is 32.3 Å². The van der Waals surface area contributed by atoms with Crippen molar-refractivity contribution < 1.29 is 9.18 Å². The van der Waals surface area contributed by atoms with Gasteiger partial charge in [0.25, 0.3) is 0 Å². The Hall–Kier alpha value is -2.54. The van der Waals surface area contributed by atoms with Crippen LogP contribution in [0.15, 0.2) is 75.9 Å². The van der Waals surface area contributed by atoms with Crippen LogP contribution in [0.2, 0.25) is 0 Å². The third-order valence-corrected chi connectivity index (χ3v) is 7.96. The van der Waals surface area contributed by atoms with Crippen molar-refractivity contribution in [2.24, 2.45) is 5.92 Å². The average Bonchev–Trinajstić information content (AvgIpc) is 3.34. The summed E-state index contributed by atoms with van der Waals surface area (Å²) in [4.78, 5) is 16.2. The maximum Gasteiger partial charge on any atom is 0.250 e. The quantitative estimate of drug-likeness (QED) is 0.194. The highest BCUT2D eigenvalue weighted by atomic mass is 32.2. The summed E-state index contributed by atoms with van der Waals surface area (Å²) >= 11 is 1.46. The third-order valence-electron chi connectivity index (χ3n) is 5.85. The number of allylic oxidation sites excluding steroid dienone is 1. The molecular weight excluding hydrogens is 462 g/mol. The van der Waals surface area contributed by atoms with E-state index in [1.807, 2.05) is 30.0 Å². The van der Waals surface area contributed by atoms with E-state index in [0.717, 1.165) is 47.1 Å². The molecule has 3 nitrogen and oxygen atoms in total. The molecule has 2 atom stereocenters. The number of nitrogens with one attached hydrogen (secondary N) is 1. The van der Waals surface area contributed by atoms with Gasteiger partial charge in [0, 0.05) is 36.5 Å². The molecule has 1 fully saturated rings. The SMILES string of the molecule is C#C.C=C(NCC1CCN(C(=O)/C(Cc2ccccc2)=C(\C)PC)C1)Sc1cc(F)ccc1C. The number of thioether (sulfide) groups is 1. The first-order chi connectivity index (χ1) is 16.4. The predicted octanol–water partition coefficient (Wildman–Crippen LogP) is 6.21. The second-order valence-corrected chi connectivity index (χ2v) is 10.6. The van der Waals surface area contributed by atoms with E-state index >= 15 is 0 Å². The number of hydrogen-bond acceptors (Lipinski definition) is 3. The van der Waals surface area contributed by atoms with Crippen molar-refractivity contribution >= 4 is 26.2 Å². The zero-order valence-corrected chi connectivity index (χ0v) is 22.1. The van der Waals surface area contributed by atoms with E-state index in [2.05, 4.69) is 50.5 Å². The lowest BCUT2D eigenvalue weighted by Gasteiger charge is -2.21. The van der Waals surface area contributed by atoms with E-state index in [-0.39, 0.29) is 11.7 Å². The molecule has 2 unspecified atom stereocenters. The van der Waals surface area contributed by atoms with Gasteiger partial charge in [-0.1, -0.05) is 63.3 Å². The largest absolute Gasteiger partial charge is 0.380 e. The molecule has 0 saturated carbocycles. The fourth-order valence-electron chi connectivity index (χ4n) is 3.80. The fourth-order valence-corrected chi connectivity index (χ4v) is 5.12. The minimum absolute atomic E-state index is 0.173. The van der Waals surface area contributed by atoms with Crippen molar-refractivity contribution in [3.63, 3.8) is 0 Å². The Labute approximate surface area is 210 Å². The molecule has 180 valence electrons. The lowest BCUT2D eigenvalue weighted by molar-refractivity contribution is -0.126. The second kappa shape index (κ2) is 14.0. The summed E-state index contributed by atoms with van der Waals surface area (Å²) in [5.41, 5.74) is 3.14. The summed E-state index contributed by atoms with van der Waals surface area (Å²) in [6, 6.07) is 15.0. The van der Waals surface area contributed by atoms with E-state index in [0.29, 0.717) is 20.9 Å². The van der Waals surface area contributed by atoms with Gasteiger partial charge in [-0.2, -0.15) is 0 Å². The highest BCUT2D eigenvalue weighted by Crippen LogP contribution is 2.30. The van der Waals surface area contributed by atoms with Crippen LogP contribution in [-0.2, 0) is 11.2 Å². The number of hydrogen-bond donors (Lipinski definition) is 1. The number of aryl methyl sites for hydroxylation is 1. The van der Waals surface area contributed by atoms with Crippen LogP contribution >= 0.6 is 20.3 Å². The molecule has 34 heavy (non-hydrogen) atoms. The van der Waals surface area contributed by atoms with Crippen molar-refractivity contribution in [1.82, 2.24) is 10.2 Å². The molecule has 1 amide bonds. The van der Waals surface area contributed by atoms with Crippen LogP contribution in [0, 0.1) is 31.5 Å². The minimum atomic E-state index is -0.238. The van der Waals surface area contributed by atoms with Gasteiger partial charge in [-0.3, -0.25) is 4.79 Å². The predicted molar refractivity (Wildman–Crippen MR) is 146 cm³/mol. The van der Waals surface area contributed by atoms with E-state index in [4.69, 9.17) is 0 Å². The lowest BCUT2D eigenvalue weighted by Crippen LogP contribution is -2.32. The number of amides is 1. The molecule has 0 aromatic heterocycles. The Kier molecular flexibility index (Phi) is 11.4. The van der Waals surface area contributed by atoms with E-state index < -0.39 is 0 Å². The number of halogens is 1. The Morgan fingerprint density at radius 3 is 2.65 bits per heavy atom. The Bertz CT molecular complexity index is 1040. The monoisotopic (exact) mass is 496 g/mol. The molecule has 0 bridgehead atoms. The normalized spacial score (nSPS) is 16.1. The van der Waals surface area contributed by atoms with Crippen LogP contribution in [0.5, 0.6) is 0 Å². The molecule has 6 heteroatoms. The van der Waals surface area contributed by atoms with Crippen LogP contribution in [0.3, 0.4) is 0 Å². The number of terminal acetylenes is 1. The van der Waals surface area contributed by atoms with Gasteiger partial charge in [-0.15, -0.1) is 12.8 Å². The Morgan fingerprint density at radius 2 is 1.97 bits per heavy atom. The van der Waals surface area contributed by atoms with E-state index in [9.17, 15) is 9.18 Å². The summed E-state index contributed by atoms with van der Waals surface area (Å²) in [5, 5.41) is 5.37. The van der Waals surface area contributed by atoms with Crippen molar-refractivity contribution in [2.75, 3.05) is 26.3 Å². The molecular formula is C28H34FN2OPS. The van der Waals surface area contributed by atoms with Gasteiger partial charge in [0.1, 0.15) is 5.82 Å². The zero-order chi connectivity index (χ0) is 25.1. The van der Waals surface area contributed by atoms with Crippen molar-refractivity contribution in [1.29, 1.82) is 0 Å². The maximum atomic E-state index is 13.5. The van der Waals surface area contributed by atoms with Gasteiger partial charge in [-0.05, 0) is 61.4 Å². The van der Waals surface area contributed by atoms with Crippen molar-refractivity contribution in [2.45, 2.75) is 31.6 Å². The number of nitrogens with zero attached hydrogens (tertiary/aromatic N) is 1. The molecule has 2 aromatic carbocycles. The first-order valence-electron chi connectivity index (χ1n) is 11.3. The van der Waals surface area contributed by atoms with Gasteiger partial charge < -0.3 is 10.2 Å². The summed E-state index contributed by atoms with van der Waals surface area (Å²) in [6.07, 6.45) is 9.66. The first-order valence-corrected chi connectivity index (χ1v) is 13.6. The van der Waals surface area contributed by atoms with Crippen LogP contribution in [0.25, 0.3) is 0 Å². The van der Waals surface area contributed by atoms with E-state index in [1.165, 1.54) is 28.7 Å². The molecule has 1 aliphatic heterocycles. The van der Waals surface area contributed by atoms with Crippen molar-refractivity contribution in [3.05, 3.63) is 88.0 Å². The standard InChI is InChI=1S/C26H32FN2OPS.C2H2/c1-18-10-11-23(27)15-25(18)32-20(3)28-16-22-12-13-29(17-22)26(30)24(19(2)31-4)14-21-8-6-5-7-9-21;1-2/h5-11,15,22,28,31H,3,12-14,16-17H2,1-2,4H3;1-2H/b24-19+;. The number of rotatable bonds is 9. The molecule has 0 radical (unpaired) electrons. The van der Waals surface area contributed by atoms with Gasteiger partial charge in [0.15, 0.2) is 0 Å². The summed E-state index contributed by atoms with van der Waals surface area (Å²) in [7, 11) is 0.626. The van der Waals surface area contributed by atoms with Gasteiger partial charge in [-0.25, -0.2) is 4.39 Å². The maximum absolute atomic E-state index is 13.5. The highest BCUT2D eigenvalue weighted by molar-refractivity contribution is 8.03.